The van der Waals surface area contributed by atoms with Crippen LogP contribution in [-0.2, 0) is 18.3 Å². The molecule has 1 aliphatic rings. The largest absolute Gasteiger partial charge is 0.209 e. The first-order valence-electron chi connectivity index (χ1n) is 7.65. The van der Waals surface area contributed by atoms with Gasteiger partial charge in [0.05, 0.1) is 5.41 Å². The average Bonchev–Trinajstić information content (AvgIpc) is 2.61. The number of hydrogen-bond donors (Lipinski definition) is 0. The van der Waals surface area contributed by atoms with Crippen LogP contribution in [0.4, 0.5) is 5.69 Å². The minimum absolute atomic E-state index is 0.213. The summed E-state index contributed by atoms with van der Waals surface area (Å²) in [5.41, 5.74) is 9.35. The highest BCUT2D eigenvalue weighted by Crippen LogP contribution is 2.45. The Kier molecular flexibility index (Phi) is 3.59. The average molecular weight is 258 g/mol. The summed E-state index contributed by atoms with van der Waals surface area (Å²) in [5, 5.41) is 0. The molecule has 1 nitrogen and oxygen atoms in total. The highest BCUT2D eigenvalue weighted by atomic mass is 15.0. The molecule has 19 heavy (non-hydrogen) atoms. The summed E-state index contributed by atoms with van der Waals surface area (Å²) in [6.07, 6.45) is 3.45. The van der Waals surface area contributed by atoms with Gasteiger partial charge in [0.1, 0.15) is 7.05 Å². The molecule has 1 aromatic carbocycles. The lowest BCUT2D eigenvalue weighted by Gasteiger charge is -2.24. The third-order valence-corrected chi connectivity index (χ3v) is 5.44. The Morgan fingerprint density at radius 3 is 2.21 bits per heavy atom. The molecule has 0 saturated carbocycles. The standard InChI is InChI=1S/C18H28N/c1-8-14-11-16-17(12(4)15(14)9-2)18(6,10-3)13(5)19(16)7/h11H,8-10H2,1-7H3/q+1. The third kappa shape index (κ3) is 1.78. The van der Waals surface area contributed by atoms with Crippen molar-refractivity contribution in [3.63, 3.8) is 0 Å². The fourth-order valence-corrected chi connectivity index (χ4v) is 3.84. The highest BCUT2D eigenvalue weighted by molar-refractivity contribution is 5.94. The van der Waals surface area contributed by atoms with Crippen molar-refractivity contribution in [3.8, 4) is 0 Å². The lowest BCUT2D eigenvalue weighted by molar-refractivity contribution is -0.403. The monoisotopic (exact) mass is 258 g/mol. The zero-order valence-electron chi connectivity index (χ0n) is 13.6. The predicted octanol–water partition coefficient (Wildman–Crippen LogP) is 4.54. The van der Waals surface area contributed by atoms with Crippen molar-refractivity contribution in [3.05, 3.63) is 28.3 Å². The number of rotatable bonds is 3. The van der Waals surface area contributed by atoms with Crippen LogP contribution in [0.25, 0.3) is 0 Å². The van der Waals surface area contributed by atoms with Crippen molar-refractivity contribution in [2.45, 2.75) is 66.2 Å². The molecule has 0 amide bonds. The van der Waals surface area contributed by atoms with Gasteiger partial charge in [-0.15, -0.1) is 0 Å². The van der Waals surface area contributed by atoms with Crippen molar-refractivity contribution >= 4 is 11.4 Å². The molecule has 0 bridgehead atoms. The Labute approximate surface area is 118 Å². The maximum absolute atomic E-state index is 2.44. The van der Waals surface area contributed by atoms with E-state index >= 15 is 0 Å². The molecule has 0 spiro atoms. The third-order valence-electron chi connectivity index (χ3n) is 5.44. The molecular weight excluding hydrogens is 230 g/mol. The van der Waals surface area contributed by atoms with E-state index in [9.17, 15) is 0 Å². The molecule has 1 heterocycles. The molecule has 1 aromatic rings. The van der Waals surface area contributed by atoms with Crippen molar-refractivity contribution < 1.29 is 4.58 Å². The van der Waals surface area contributed by atoms with Gasteiger partial charge in [-0.2, -0.15) is 0 Å². The van der Waals surface area contributed by atoms with E-state index in [0.717, 1.165) is 12.8 Å². The maximum atomic E-state index is 2.44. The van der Waals surface area contributed by atoms with Gasteiger partial charge in [-0.1, -0.05) is 20.8 Å². The lowest BCUT2D eigenvalue weighted by Crippen LogP contribution is -2.29. The summed E-state index contributed by atoms with van der Waals surface area (Å²) in [5.74, 6) is 0. The SMILES string of the molecule is CCc1cc2c(c(C)c1CC)C(C)(CC)C(C)=[N+]2C. The first-order chi connectivity index (χ1) is 8.92. The number of fused-ring (bicyclic) bond motifs is 1. The molecule has 104 valence electrons. The summed E-state index contributed by atoms with van der Waals surface area (Å²) < 4.78 is 2.41. The van der Waals surface area contributed by atoms with E-state index in [1.54, 1.807) is 11.1 Å². The molecule has 0 aromatic heterocycles. The lowest BCUT2D eigenvalue weighted by atomic mass is 9.74. The quantitative estimate of drug-likeness (QED) is 0.700. The van der Waals surface area contributed by atoms with Gasteiger partial charge in [-0.05, 0) is 49.8 Å². The Bertz CT molecular complexity index is 551. The van der Waals surface area contributed by atoms with E-state index in [1.807, 2.05) is 0 Å². The molecule has 0 radical (unpaired) electrons. The molecule has 1 aliphatic heterocycles. The molecule has 0 N–H and O–H groups in total. The number of hydrogen-bond acceptors (Lipinski definition) is 0. The summed E-state index contributed by atoms with van der Waals surface area (Å²) >= 11 is 0. The first kappa shape index (κ1) is 14.3. The topological polar surface area (TPSA) is 3.01 Å². The van der Waals surface area contributed by atoms with Crippen molar-refractivity contribution in [2.75, 3.05) is 7.05 Å². The van der Waals surface area contributed by atoms with E-state index in [4.69, 9.17) is 0 Å². The minimum Gasteiger partial charge on any atom is -0.202 e. The summed E-state index contributed by atoms with van der Waals surface area (Å²) in [6.45, 7) is 13.9. The van der Waals surface area contributed by atoms with Gasteiger partial charge in [-0.3, -0.25) is 0 Å². The van der Waals surface area contributed by atoms with Crippen LogP contribution in [0.2, 0.25) is 0 Å². The number of benzene rings is 1. The zero-order valence-corrected chi connectivity index (χ0v) is 13.6. The zero-order chi connectivity index (χ0) is 14.4. The van der Waals surface area contributed by atoms with E-state index in [2.05, 4.69) is 59.2 Å². The van der Waals surface area contributed by atoms with Gasteiger partial charge >= 0.3 is 0 Å². The van der Waals surface area contributed by atoms with E-state index in [-0.39, 0.29) is 5.41 Å². The predicted molar refractivity (Wildman–Crippen MR) is 84.1 cm³/mol. The summed E-state index contributed by atoms with van der Waals surface area (Å²) in [7, 11) is 2.22. The molecule has 1 atom stereocenters. The normalized spacial score (nSPS) is 22.1. The van der Waals surface area contributed by atoms with Crippen LogP contribution >= 0.6 is 0 Å². The van der Waals surface area contributed by atoms with Gasteiger partial charge in [0.25, 0.3) is 0 Å². The van der Waals surface area contributed by atoms with Crippen LogP contribution in [-0.4, -0.2) is 17.3 Å². The fraction of sp³-hybridized carbons (Fsp3) is 0.611. The molecule has 0 aliphatic carbocycles. The number of aryl methyl sites for hydroxylation is 1. The van der Waals surface area contributed by atoms with Crippen LogP contribution in [0.1, 0.15) is 63.3 Å². The molecule has 1 heteroatoms. The minimum atomic E-state index is 0.213. The Morgan fingerprint density at radius 2 is 1.74 bits per heavy atom. The molecule has 0 saturated heterocycles. The first-order valence-corrected chi connectivity index (χ1v) is 7.65. The molecule has 1 unspecified atom stereocenters. The van der Waals surface area contributed by atoms with Crippen LogP contribution in [0.5, 0.6) is 0 Å². The van der Waals surface area contributed by atoms with Gasteiger partial charge in [0.2, 0.25) is 5.69 Å². The van der Waals surface area contributed by atoms with E-state index in [1.165, 1.54) is 28.9 Å². The molecule has 0 fully saturated rings. The second-order valence-corrected chi connectivity index (χ2v) is 6.07. The number of nitrogens with zero attached hydrogens (tertiary/aromatic N) is 1. The smallest absolute Gasteiger partial charge is 0.202 e. The Hall–Kier alpha value is -1.11. The van der Waals surface area contributed by atoms with Crippen LogP contribution in [0, 0.1) is 6.92 Å². The van der Waals surface area contributed by atoms with E-state index < -0.39 is 0 Å². The van der Waals surface area contributed by atoms with E-state index in [0.29, 0.717) is 0 Å². The van der Waals surface area contributed by atoms with Crippen LogP contribution in [0.3, 0.4) is 0 Å². The maximum Gasteiger partial charge on any atom is 0.209 e. The Morgan fingerprint density at radius 1 is 1.11 bits per heavy atom. The van der Waals surface area contributed by atoms with Crippen LogP contribution in [0.15, 0.2) is 6.07 Å². The second kappa shape index (κ2) is 4.77. The van der Waals surface area contributed by atoms with Crippen molar-refractivity contribution in [1.82, 2.24) is 0 Å². The van der Waals surface area contributed by atoms with Gasteiger partial charge in [0.15, 0.2) is 5.71 Å². The molecular formula is C18H28N+. The summed E-state index contributed by atoms with van der Waals surface area (Å²) in [6, 6.07) is 2.44. The second-order valence-electron chi connectivity index (χ2n) is 6.07. The van der Waals surface area contributed by atoms with Crippen LogP contribution < -0.4 is 0 Å². The van der Waals surface area contributed by atoms with Gasteiger partial charge < -0.3 is 0 Å². The van der Waals surface area contributed by atoms with Crippen molar-refractivity contribution in [1.29, 1.82) is 0 Å². The Balaban J connectivity index is 2.82. The summed E-state index contributed by atoms with van der Waals surface area (Å²) in [4.78, 5) is 0. The molecule has 2 rings (SSSR count). The van der Waals surface area contributed by atoms with Crippen molar-refractivity contribution in [2.24, 2.45) is 0 Å². The fourth-order valence-electron chi connectivity index (χ4n) is 3.84. The van der Waals surface area contributed by atoms with Gasteiger partial charge in [0, 0.05) is 18.6 Å². The highest BCUT2D eigenvalue weighted by Gasteiger charge is 2.45. The van der Waals surface area contributed by atoms with Gasteiger partial charge in [-0.25, -0.2) is 4.58 Å².